The quantitative estimate of drug-likeness (QED) is 0.752. The lowest BCUT2D eigenvalue weighted by Crippen LogP contribution is -2.25. The normalized spacial score (nSPS) is 12.7. The fourth-order valence-corrected chi connectivity index (χ4v) is 1.56. The molecule has 0 aromatic heterocycles. The molecule has 15 heavy (non-hydrogen) atoms. The molecule has 2 nitrogen and oxygen atoms in total. The summed E-state index contributed by atoms with van der Waals surface area (Å²) in [4.78, 5) is 11.3. The molecule has 1 amide bonds. The van der Waals surface area contributed by atoms with Crippen LogP contribution in [0.5, 0.6) is 0 Å². The Kier molecular flexibility index (Phi) is 4.10. The highest BCUT2D eigenvalue weighted by Crippen LogP contribution is 2.16. The number of allylic oxidation sites excluding steroid dienone is 1. The SMILES string of the molecule is C/C=C/C(=O)N[C@@H](C)c1ccccc1C. The van der Waals surface area contributed by atoms with Crippen LogP contribution < -0.4 is 5.32 Å². The second-order valence-electron chi connectivity index (χ2n) is 3.59. The van der Waals surface area contributed by atoms with Gasteiger partial charge in [0.1, 0.15) is 0 Å². The maximum atomic E-state index is 11.3. The van der Waals surface area contributed by atoms with Crippen molar-refractivity contribution in [1.29, 1.82) is 0 Å². The monoisotopic (exact) mass is 203 g/mol. The number of amides is 1. The molecule has 1 rings (SSSR count). The molecule has 0 aliphatic heterocycles. The van der Waals surface area contributed by atoms with Crippen molar-refractivity contribution in [3.63, 3.8) is 0 Å². The minimum atomic E-state index is -0.0479. The first kappa shape index (κ1) is 11.5. The Morgan fingerprint density at radius 1 is 1.40 bits per heavy atom. The van der Waals surface area contributed by atoms with Crippen LogP contribution in [-0.2, 0) is 4.79 Å². The largest absolute Gasteiger partial charge is 0.346 e. The number of nitrogens with one attached hydrogen (secondary N) is 1. The second-order valence-corrected chi connectivity index (χ2v) is 3.59. The molecule has 1 aromatic carbocycles. The van der Waals surface area contributed by atoms with E-state index in [0.29, 0.717) is 0 Å². The van der Waals surface area contributed by atoms with Gasteiger partial charge in [0.15, 0.2) is 0 Å². The minimum absolute atomic E-state index is 0.0479. The molecule has 0 radical (unpaired) electrons. The number of carbonyl (C=O) groups excluding carboxylic acids is 1. The standard InChI is InChI=1S/C13H17NO/c1-4-7-13(15)14-11(3)12-9-6-5-8-10(12)2/h4-9,11H,1-3H3,(H,14,15)/b7-4+/t11-/m0/s1. The first-order valence-electron chi connectivity index (χ1n) is 5.14. The van der Waals surface area contributed by atoms with Gasteiger partial charge in [-0.25, -0.2) is 0 Å². The van der Waals surface area contributed by atoms with Crippen LogP contribution >= 0.6 is 0 Å². The molecule has 0 aliphatic rings. The first-order valence-corrected chi connectivity index (χ1v) is 5.14. The van der Waals surface area contributed by atoms with E-state index >= 15 is 0 Å². The van der Waals surface area contributed by atoms with Crippen molar-refractivity contribution in [1.82, 2.24) is 5.32 Å². The summed E-state index contributed by atoms with van der Waals surface area (Å²) in [6, 6.07) is 8.12. The van der Waals surface area contributed by atoms with Crippen molar-refractivity contribution in [2.45, 2.75) is 26.8 Å². The summed E-state index contributed by atoms with van der Waals surface area (Å²) in [6.45, 7) is 5.87. The topological polar surface area (TPSA) is 29.1 Å². The Morgan fingerprint density at radius 2 is 2.07 bits per heavy atom. The van der Waals surface area contributed by atoms with Gasteiger partial charge in [0.25, 0.3) is 0 Å². The van der Waals surface area contributed by atoms with Crippen molar-refractivity contribution < 1.29 is 4.79 Å². The molecular formula is C13H17NO. The molecule has 0 saturated heterocycles. The Balaban J connectivity index is 2.73. The van der Waals surface area contributed by atoms with E-state index in [-0.39, 0.29) is 11.9 Å². The van der Waals surface area contributed by atoms with E-state index in [9.17, 15) is 4.79 Å². The van der Waals surface area contributed by atoms with Crippen LogP contribution in [0.2, 0.25) is 0 Å². The van der Waals surface area contributed by atoms with Crippen LogP contribution in [0.1, 0.15) is 31.0 Å². The van der Waals surface area contributed by atoms with E-state index in [1.54, 1.807) is 6.08 Å². The third-order valence-electron chi connectivity index (χ3n) is 2.33. The van der Waals surface area contributed by atoms with Gasteiger partial charge >= 0.3 is 0 Å². The summed E-state index contributed by atoms with van der Waals surface area (Å²) < 4.78 is 0. The molecule has 0 unspecified atom stereocenters. The van der Waals surface area contributed by atoms with Gasteiger partial charge in [0, 0.05) is 0 Å². The molecule has 2 heteroatoms. The van der Waals surface area contributed by atoms with E-state index in [4.69, 9.17) is 0 Å². The molecule has 0 heterocycles. The lowest BCUT2D eigenvalue weighted by atomic mass is 10.0. The maximum absolute atomic E-state index is 11.3. The number of benzene rings is 1. The molecule has 0 fully saturated rings. The van der Waals surface area contributed by atoms with Crippen molar-refractivity contribution in [2.24, 2.45) is 0 Å². The van der Waals surface area contributed by atoms with E-state index in [1.807, 2.05) is 45.0 Å². The number of hydrogen-bond donors (Lipinski definition) is 1. The third-order valence-corrected chi connectivity index (χ3v) is 2.33. The van der Waals surface area contributed by atoms with Crippen LogP contribution in [0.15, 0.2) is 36.4 Å². The van der Waals surface area contributed by atoms with Gasteiger partial charge in [-0.3, -0.25) is 4.79 Å². The van der Waals surface area contributed by atoms with Gasteiger partial charge in [-0.2, -0.15) is 0 Å². The molecule has 0 aliphatic carbocycles. The zero-order valence-corrected chi connectivity index (χ0v) is 9.45. The Labute approximate surface area is 91.0 Å². The van der Waals surface area contributed by atoms with Crippen molar-refractivity contribution >= 4 is 5.91 Å². The minimum Gasteiger partial charge on any atom is -0.346 e. The van der Waals surface area contributed by atoms with Crippen LogP contribution in [0, 0.1) is 6.92 Å². The second kappa shape index (κ2) is 5.35. The van der Waals surface area contributed by atoms with E-state index < -0.39 is 0 Å². The number of aryl methyl sites for hydroxylation is 1. The van der Waals surface area contributed by atoms with E-state index in [2.05, 4.69) is 5.32 Å². The van der Waals surface area contributed by atoms with Crippen LogP contribution in [0.3, 0.4) is 0 Å². The molecule has 0 spiro atoms. The average Bonchev–Trinajstić information content (AvgIpc) is 2.18. The van der Waals surface area contributed by atoms with Crippen LogP contribution in [0.4, 0.5) is 0 Å². The summed E-state index contributed by atoms with van der Waals surface area (Å²) in [5, 5.41) is 2.91. The summed E-state index contributed by atoms with van der Waals surface area (Å²) in [6.07, 6.45) is 3.27. The molecular weight excluding hydrogens is 186 g/mol. The van der Waals surface area contributed by atoms with Crippen molar-refractivity contribution in [3.05, 3.63) is 47.5 Å². The van der Waals surface area contributed by atoms with Gasteiger partial charge in [-0.05, 0) is 38.0 Å². The van der Waals surface area contributed by atoms with Gasteiger partial charge in [0.05, 0.1) is 6.04 Å². The van der Waals surface area contributed by atoms with Crippen LogP contribution in [0.25, 0.3) is 0 Å². The summed E-state index contributed by atoms with van der Waals surface area (Å²) in [7, 11) is 0. The molecule has 0 saturated carbocycles. The van der Waals surface area contributed by atoms with Gasteiger partial charge in [-0.1, -0.05) is 30.3 Å². The van der Waals surface area contributed by atoms with Crippen molar-refractivity contribution in [3.8, 4) is 0 Å². The fraction of sp³-hybridized carbons (Fsp3) is 0.308. The summed E-state index contributed by atoms with van der Waals surface area (Å²) in [5.41, 5.74) is 2.36. The first-order chi connectivity index (χ1) is 7.15. The highest BCUT2D eigenvalue weighted by molar-refractivity contribution is 5.87. The maximum Gasteiger partial charge on any atom is 0.244 e. The Bertz CT molecular complexity index is 369. The molecule has 1 N–H and O–H groups in total. The predicted molar refractivity (Wildman–Crippen MR) is 62.6 cm³/mol. The Morgan fingerprint density at radius 3 is 2.67 bits per heavy atom. The summed E-state index contributed by atoms with van der Waals surface area (Å²) in [5.74, 6) is -0.0479. The van der Waals surface area contributed by atoms with Gasteiger partial charge in [0.2, 0.25) is 5.91 Å². The van der Waals surface area contributed by atoms with Crippen LogP contribution in [-0.4, -0.2) is 5.91 Å². The number of rotatable bonds is 3. The lowest BCUT2D eigenvalue weighted by Gasteiger charge is -2.15. The van der Waals surface area contributed by atoms with E-state index in [0.717, 1.165) is 5.56 Å². The average molecular weight is 203 g/mol. The molecule has 0 bridgehead atoms. The predicted octanol–water partition coefficient (Wildman–Crippen LogP) is 2.75. The zero-order chi connectivity index (χ0) is 11.3. The van der Waals surface area contributed by atoms with Gasteiger partial charge in [-0.15, -0.1) is 0 Å². The van der Waals surface area contributed by atoms with Gasteiger partial charge < -0.3 is 5.32 Å². The van der Waals surface area contributed by atoms with E-state index in [1.165, 1.54) is 11.6 Å². The highest BCUT2D eigenvalue weighted by Gasteiger charge is 2.08. The van der Waals surface area contributed by atoms with Crippen molar-refractivity contribution in [2.75, 3.05) is 0 Å². The molecule has 80 valence electrons. The fourth-order valence-electron chi connectivity index (χ4n) is 1.56. The molecule has 1 aromatic rings. The highest BCUT2D eigenvalue weighted by atomic mass is 16.1. The molecule has 1 atom stereocenters. The number of hydrogen-bond acceptors (Lipinski definition) is 1. The Hall–Kier alpha value is -1.57. The smallest absolute Gasteiger partial charge is 0.244 e. The third kappa shape index (κ3) is 3.24. The lowest BCUT2D eigenvalue weighted by molar-refractivity contribution is -0.117. The number of carbonyl (C=O) groups is 1. The zero-order valence-electron chi connectivity index (χ0n) is 9.45. The summed E-state index contributed by atoms with van der Waals surface area (Å²) >= 11 is 0.